The Bertz CT molecular complexity index is 4300. The van der Waals surface area contributed by atoms with Crippen molar-refractivity contribution < 1.29 is 111 Å². The number of hydrogen-bond donors (Lipinski definition) is 8. The molecule has 1 saturated carbocycles. The summed E-state index contributed by atoms with van der Waals surface area (Å²) in [6, 6.07) is 4.88. The number of H-pyrrole nitrogens is 1. The number of nitrogens with zero attached hydrogens (tertiary/aromatic N) is 8. The third-order valence-corrected chi connectivity index (χ3v) is 23.8. The number of aliphatic hydroxyl groups excluding tert-OH is 2. The van der Waals surface area contributed by atoms with Crippen molar-refractivity contribution in [3.63, 3.8) is 0 Å². The Balaban J connectivity index is 0.581. The van der Waals surface area contributed by atoms with Crippen LogP contribution in [0.5, 0.6) is 5.75 Å². The molecule has 3 aliphatic heterocycles. The molecule has 35 heteroatoms. The summed E-state index contributed by atoms with van der Waals surface area (Å²) in [6.07, 6.45) is 16.7. The second-order valence-corrected chi connectivity index (χ2v) is 33.5. The van der Waals surface area contributed by atoms with Gasteiger partial charge in [-0.3, -0.25) is 24.0 Å². The van der Waals surface area contributed by atoms with Gasteiger partial charge in [-0.25, -0.2) is 24.1 Å². The van der Waals surface area contributed by atoms with Crippen LogP contribution in [0.1, 0.15) is 156 Å². The number of aromatic nitrogens is 8. The molecule has 10 N–H and O–H groups in total. The van der Waals surface area contributed by atoms with Gasteiger partial charge in [-0.15, -0.1) is 5.10 Å². The first-order chi connectivity index (χ1) is 60.8. The number of aliphatic hydroxyl groups is 3. The highest BCUT2D eigenvalue weighted by Crippen LogP contribution is 2.39. The molecule has 126 heavy (non-hydrogen) atoms. The molecule has 700 valence electrons. The number of nitrogen functional groups attached to an aromatic ring is 1. The predicted octanol–water partition coefficient (Wildman–Crippen LogP) is 7.55. The number of Topliss-reactive ketones (excluding diaryl/α,β-unsaturated/α-hetero) is 3. The minimum Gasteiger partial charge on any atom is -0.508 e. The number of aromatic hydroxyl groups is 1. The molecule has 1 aliphatic carbocycles. The van der Waals surface area contributed by atoms with Crippen molar-refractivity contribution in [3.8, 4) is 17.1 Å². The van der Waals surface area contributed by atoms with Crippen molar-refractivity contribution >= 4 is 62.9 Å². The first-order valence-electron chi connectivity index (χ1n) is 44.9. The lowest BCUT2D eigenvalue weighted by atomic mass is 9.80. The first kappa shape index (κ1) is 102. The summed E-state index contributed by atoms with van der Waals surface area (Å²) in [7, 11) is 3.20. The number of methoxy groups -OCH3 is 2. The van der Waals surface area contributed by atoms with E-state index in [9.17, 15) is 49.2 Å². The number of piperidine rings is 1. The highest BCUT2D eigenvalue weighted by Gasteiger charge is 2.53. The number of benzene rings is 1. The third kappa shape index (κ3) is 31.9. The van der Waals surface area contributed by atoms with Gasteiger partial charge in [-0.1, -0.05) is 69.4 Å². The number of ether oxygens (including phenoxy) is 13. The maximum Gasteiger partial charge on any atom is 0.329 e. The van der Waals surface area contributed by atoms with Crippen LogP contribution in [-0.4, -0.2) is 300 Å². The van der Waals surface area contributed by atoms with Gasteiger partial charge in [-0.2, -0.15) is 5.10 Å². The number of phenols is 1. The first-order valence-corrected chi connectivity index (χ1v) is 44.9. The third-order valence-electron chi connectivity index (χ3n) is 23.8. The fraction of sp³-hybridized carbons (Fsp3) is 0.681. The minimum absolute atomic E-state index is 0.0257. The Kier molecular flexibility index (Phi) is 43.3. The van der Waals surface area contributed by atoms with E-state index in [0.717, 1.165) is 58.4 Å². The number of cyclic esters (lactones) is 1. The number of nitrogens with one attached hydrogen (secondary N) is 2. The number of hydrogen-bond acceptors (Lipinski definition) is 30. The van der Waals surface area contributed by atoms with Gasteiger partial charge in [0.2, 0.25) is 11.7 Å². The average Bonchev–Trinajstić information content (AvgIpc) is 1.68. The number of aromatic amines is 1. The van der Waals surface area contributed by atoms with E-state index in [-0.39, 0.29) is 80.1 Å². The zero-order valence-electron chi connectivity index (χ0n) is 74.9. The van der Waals surface area contributed by atoms with E-state index in [2.05, 4.69) is 30.6 Å². The maximum absolute atomic E-state index is 14.7. The van der Waals surface area contributed by atoms with Gasteiger partial charge in [0.05, 0.1) is 153 Å². The molecule has 4 aliphatic rings. The van der Waals surface area contributed by atoms with Gasteiger partial charge in [0.15, 0.2) is 11.4 Å². The summed E-state index contributed by atoms with van der Waals surface area (Å²) in [5.41, 5.74) is 18.1. The van der Waals surface area contributed by atoms with Crippen molar-refractivity contribution in [1.82, 2.24) is 49.9 Å². The Morgan fingerprint density at radius 3 is 2.09 bits per heavy atom. The summed E-state index contributed by atoms with van der Waals surface area (Å²) in [5.74, 6) is -8.49. The highest BCUT2D eigenvalue weighted by molar-refractivity contribution is 6.39. The van der Waals surface area contributed by atoms with Crippen LogP contribution in [0.2, 0.25) is 0 Å². The van der Waals surface area contributed by atoms with Crippen LogP contribution in [0.15, 0.2) is 84.4 Å². The topological polar surface area (TPSA) is 461 Å². The lowest BCUT2D eigenvalue weighted by molar-refractivity contribution is -0.265. The second kappa shape index (κ2) is 53.7. The minimum atomic E-state index is -2.49. The molecular weight excluding hydrogens is 1630 g/mol. The monoisotopic (exact) mass is 1770 g/mol. The molecule has 1 aromatic carbocycles. The molecule has 2 saturated heterocycles. The van der Waals surface area contributed by atoms with Crippen LogP contribution in [-0.2, 0) is 110 Å². The number of nitrogens with two attached hydrogens (primary N) is 2. The number of amides is 2. The number of anilines is 1. The number of fused-ring (bicyclic) bond motifs is 5. The predicted molar refractivity (Wildman–Crippen MR) is 468 cm³/mol. The Labute approximate surface area is 739 Å². The van der Waals surface area contributed by atoms with Crippen molar-refractivity contribution in [3.05, 3.63) is 90.1 Å². The van der Waals surface area contributed by atoms with E-state index >= 15 is 0 Å². The number of rotatable bonds is 44. The number of carbonyl (C=O) groups is 6. The number of ketones is 3. The van der Waals surface area contributed by atoms with Crippen molar-refractivity contribution in [1.29, 1.82) is 0 Å². The van der Waals surface area contributed by atoms with Crippen molar-refractivity contribution in [2.75, 3.05) is 145 Å². The molecule has 0 spiro atoms. The van der Waals surface area contributed by atoms with Crippen molar-refractivity contribution in [2.24, 2.45) is 35.3 Å². The summed E-state index contributed by atoms with van der Waals surface area (Å²) in [5, 5.41) is 62.4. The van der Waals surface area contributed by atoms with Crippen LogP contribution in [0.25, 0.3) is 33.3 Å². The lowest BCUT2D eigenvalue weighted by Gasteiger charge is -2.42. The molecular formula is C91H138N12O23. The maximum atomic E-state index is 14.7. The van der Waals surface area contributed by atoms with Gasteiger partial charge >= 0.3 is 5.97 Å². The van der Waals surface area contributed by atoms with Crippen LogP contribution < -0.4 is 16.8 Å². The number of phenolic OH excluding ortho intramolecular Hbond substituents is 1. The number of allylic oxidation sites excluding steroid dienone is 6. The Morgan fingerprint density at radius 2 is 1.40 bits per heavy atom. The Morgan fingerprint density at radius 1 is 0.722 bits per heavy atom. The molecule has 5 aromatic rings. The summed E-state index contributed by atoms with van der Waals surface area (Å²) in [4.78, 5) is 97.1. The fourth-order valence-electron chi connectivity index (χ4n) is 16.3. The van der Waals surface area contributed by atoms with Gasteiger partial charge in [-0.05, 0) is 157 Å². The van der Waals surface area contributed by atoms with E-state index in [1.165, 1.54) is 19.3 Å². The van der Waals surface area contributed by atoms with Gasteiger partial charge in [0.1, 0.15) is 53.7 Å². The molecule has 7 heterocycles. The van der Waals surface area contributed by atoms with Gasteiger partial charge in [0, 0.05) is 101 Å². The highest BCUT2D eigenvalue weighted by atomic mass is 16.6. The van der Waals surface area contributed by atoms with E-state index in [0.29, 0.717) is 212 Å². The summed E-state index contributed by atoms with van der Waals surface area (Å²) >= 11 is 0. The van der Waals surface area contributed by atoms with E-state index in [4.69, 9.17) is 78.1 Å². The molecule has 9 rings (SSSR count). The second-order valence-electron chi connectivity index (χ2n) is 33.5. The van der Waals surface area contributed by atoms with Crippen LogP contribution in [0.4, 0.5) is 5.82 Å². The summed E-state index contributed by atoms with van der Waals surface area (Å²) < 4.78 is 79.3. The van der Waals surface area contributed by atoms with E-state index < -0.39 is 95.4 Å². The molecule has 35 nitrogen and oxygen atoms in total. The van der Waals surface area contributed by atoms with Gasteiger partial charge < -0.3 is 109 Å². The fourth-order valence-corrected chi connectivity index (χ4v) is 16.3. The number of aryl methyl sites for hydroxylation is 2. The molecule has 15 atom stereocenters. The quantitative estimate of drug-likeness (QED) is 0.00807. The smallest absolute Gasteiger partial charge is 0.329 e. The standard InChI is InChI=1S/C91H138N12O23/c1-60-18-10-9-11-19-61(2)77(114-7)56-70-25-22-65(6)91(113,126-70)86(110)89(111)102-30-15-12-21-74(102)90(112)125-78(57-75(105)62(3)51-64(5)84(108)85(109)83(107)63(4)50-60)71(92)52-66-23-27-76(79(53-66)115-8)124-33-17-13-20-68-58-101(100-98-68)32-35-117-37-39-119-41-43-121-45-47-123-49-48-122-46-44-120-42-40-118-38-36-116-34-28-80(106)94-29-14-16-31-103-88-81(87(93)95-59-96-88)82(99-103)73-55-67-54-69(104)24-26-72(67)97-73/h9-11,18-19,24,26,51,54-55,58-60,62-63,65-66,70-71,74,76-79,84-85,97,104,108-109,113H,12-17,20-23,25,27-50,52-53,56-57,92H2,1-8H3,(H,94,106)(H2,93,95,96)/b11-9+,18-10+,61-19+,64-51+/t60-,62-,63-,65-,66+,70+,71-,74+,76-,77+,78+,79-,84-,85+,91-/m1/s1. The SMILES string of the molecule is CO[C@H]1C[C@@H]2CC[C@@H](C)[C@@](O)(O2)C(=O)C(=O)N2CCCC[C@H]2C(=O)O[C@H]([C@H](N)C[C@@H]2CC[C@@H](OCCCCc3cn(CCOCCOCCOCCOCCOCCOCCOCCOCCC(=O)NCCCCn4nc(-c5cc6cc(O)ccc6[nH]5)c5c(N)ncnc54)nn3)[C@H](OC)C2)CC(=O)[C@H](C)/C=C(\C)[C@@H](O)[C@@H](O)C(=O)[C@H](C)C[C@H](C)/C=C/C=C/C=C/1C. The molecule has 0 radical (unpaired) electrons. The molecule has 3 fully saturated rings. The number of carbonyl (C=O) groups excluding carboxylic acids is 6. The van der Waals surface area contributed by atoms with Crippen LogP contribution in [0.3, 0.4) is 0 Å². The lowest BCUT2D eigenvalue weighted by Crippen LogP contribution is -2.61. The van der Waals surface area contributed by atoms with E-state index in [1.807, 2.05) is 56.5 Å². The molecule has 2 amide bonds. The summed E-state index contributed by atoms with van der Waals surface area (Å²) in [6.45, 7) is 19.0. The molecule has 4 aromatic heterocycles. The van der Waals surface area contributed by atoms with E-state index in [1.54, 1.807) is 62.6 Å². The van der Waals surface area contributed by atoms with Crippen molar-refractivity contribution in [2.45, 2.75) is 231 Å². The average molecular weight is 1770 g/mol. The zero-order chi connectivity index (χ0) is 90.3. The normalized spacial score (nSPS) is 26.7. The number of esters is 1. The van der Waals surface area contributed by atoms with Crippen LogP contribution >= 0.6 is 0 Å². The molecule has 0 unspecified atom stereocenters. The Hall–Kier alpha value is -8.21. The largest absolute Gasteiger partial charge is 0.508 e. The molecule has 2 bridgehead atoms. The zero-order valence-corrected chi connectivity index (χ0v) is 74.9. The van der Waals surface area contributed by atoms with Gasteiger partial charge in [0.25, 0.3) is 11.7 Å². The number of unbranched alkanes of at least 4 members (excludes halogenated alkanes) is 2. The van der Waals surface area contributed by atoms with Crippen LogP contribution in [0, 0.1) is 29.6 Å².